The highest BCUT2D eigenvalue weighted by Crippen LogP contribution is 2.16. The van der Waals surface area contributed by atoms with E-state index < -0.39 is 20.7 Å². The first-order valence-corrected chi connectivity index (χ1v) is 5.09. The summed E-state index contributed by atoms with van der Waals surface area (Å²) < 4.78 is 31.1. The fourth-order valence-corrected chi connectivity index (χ4v) is 2.03. The Morgan fingerprint density at radius 2 is 1.85 bits per heavy atom. The highest BCUT2D eigenvalue weighted by atomic mass is 35.5. The normalized spacial score (nSPS) is 14.0. The maximum Gasteiger partial charge on any atom is 0.295 e. The summed E-state index contributed by atoms with van der Waals surface area (Å²) in [7, 11) is -4.51. The lowest BCUT2D eigenvalue weighted by Crippen LogP contribution is -2.23. The fourth-order valence-electron chi connectivity index (χ4n) is 0.892. The zero-order valence-corrected chi connectivity index (χ0v) is 7.86. The van der Waals surface area contributed by atoms with Crippen molar-refractivity contribution in [1.82, 2.24) is 4.57 Å². The minimum atomic E-state index is -4.51. The average Bonchev–Trinajstić information content (AvgIpc) is 2.34. The lowest BCUT2D eigenvalue weighted by atomic mass is 10.7. The molecular formula is C6H6ClNO4S. The molecule has 0 aromatic carbocycles. The zero-order chi connectivity index (χ0) is 10.1. The Morgan fingerprint density at radius 3 is 2.15 bits per heavy atom. The Hall–Kier alpha value is -0.850. The molecule has 72 valence electrons. The molecule has 1 N–H and O–H groups in total. The Labute approximate surface area is 79.7 Å². The molecule has 13 heavy (non-hydrogen) atoms. The molecule has 7 heteroatoms. The first kappa shape index (κ1) is 10.2. The molecule has 0 amide bonds. The van der Waals surface area contributed by atoms with E-state index >= 15 is 0 Å². The predicted molar refractivity (Wildman–Crippen MR) is 45.9 cm³/mol. The minimum absolute atomic E-state index is 1.00. The lowest BCUT2D eigenvalue weighted by Gasteiger charge is -2.10. The molecule has 0 spiro atoms. The molecule has 1 unspecified atom stereocenters. The van der Waals surface area contributed by atoms with Gasteiger partial charge in [-0.05, 0) is 23.7 Å². The molecule has 1 aromatic rings. The van der Waals surface area contributed by atoms with Gasteiger partial charge in [0.15, 0.2) is 0 Å². The third kappa shape index (κ3) is 2.30. The van der Waals surface area contributed by atoms with Crippen LogP contribution in [0, 0.1) is 0 Å². The Bertz CT molecular complexity index is 396. The summed E-state index contributed by atoms with van der Waals surface area (Å²) in [5, 5.41) is -2.91. The van der Waals surface area contributed by atoms with E-state index in [1.807, 2.05) is 0 Å². The van der Waals surface area contributed by atoms with Gasteiger partial charge in [0, 0.05) is 12.4 Å². The second-order valence-electron chi connectivity index (χ2n) is 2.30. The first-order chi connectivity index (χ1) is 5.93. The molecule has 1 atom stereocenters. The monoisotopic (exact) mass is 223 g/mol. The summed E-state index contributed by atoms with van der Waals surface area (Å²) in [5.41, 5.74) is 0. The molecule has 0 saturated carbocycles. The molecule has 1 heterocycles. The SMILES string of the molecule is O=C(Cl)C(n1cccc1)S(=O)(=O)O. The van der Waals surface area contributed by atoms with Crippen LogP contribution in [0.25, 0.3) is 0 Å². The van der Waals surface area contributed by atoms with Crippen molar-refractivity contribution in [1.29, 1.82) is 0 Å². The quantitative estimate of drug-likeness (QED) is 0.603. The van der Waals surface area contributed by atoms with Crippen LogP contribution in [0.3, 0.4) is 0 Å². The lowest BCUT2D eigenvalue weighted by molar-refractivity contribution is -0.112. The van der Waals surface area contributed by atoms with E-state index in [0.717, 1.165) is 4.57 Å². The van der Waals surface area contributed by atoms with Gasteiger partial charge in [-0.1, -0.05) is 0 Å². The average molecular weight is 224 g/mol. The number of carbonyl (C=O) groups excluding carboxylic acids is 1. The van der Waals surface area contributed by atoms with E-state index in [0.29, 0.717) is 0 Å². The summed E-state index contributed by atoms with van der Waals surface area (Å²) in [6.45, 7) is 0. The van der Waals surface area contributed by atoms with Crippen LogP contribution < -0.4 is 0 Å². The fraction of sp³-hybridized carbons (Fsp3) is 0.167. The zero-order valence-electron chi connectivity index (χ0n) is 6.29. The largest absolute Gasteiger partial charge is 0.328 e. The Kier molecular flexibility index (Phi) is 2.74. The van der Waals surface area contributed by atoms with Gasteiger partial charge in [-0.25, -0.2) is 0 Å². The van der Waals surface area contributed by atoms with E-state index in [2.05, 4.69) is 0 Å². The van der Waals surface area contributed by atoms with Gasteiger partial charge in [0.1, 0.15) is 0 Å². The van der Waals surface area contributed by atoms with Crippen LogP contribution in [0.2, 0.25) is 0 Å². The summed E-state index contributed by atoms with van der Waals surface area (Å²) in [6.07, 6.45) is 2.64. The van der Waals surface area contributed by atoms with Gasteiger partial charge in [0.25, 0.3) is 15.4 Å². The Morgan fingerprint density at radius 1 is 1.38 bits per heavy atom. The molecule has 1 aromatic heterocycles. The smallest absolute Gasteiger partial charge is 0.295 e. The summed E-state index contributed by atoms with van der Waals surface area (Å²) >= 11 is 5.02. The molecule has 0 aliphatic carbocycles. The maximum absolute atomic E-state index is 10.7. The number of nitrogens with zero attached hydrogens (tertiary/aromatic N) is 1. The number of hydrogen-bond donors (Lipinski definition) is 1. The van der Waals surface area contributed by atoms with Crippen LogP contribution in [0.4, 0.5) is 0 Å². The molecule has 0 aliphatic rings. The summed E-state index contributed by atoms with van der Waals surface area (Å²) in [4.78, 5) is 10.7. The Balaban J connectivity index is 3.17. The van der Waals surface area contributed by atoms with Crippen molar-refractivity contribution >= 4 is 27.0 Å². The van der Waals surface area contributed by atoms with Crippen LogP contribution in [0.5, 0.6) is 0 Å². The molecular weight excluding hydrogens is 218 g/mol. The van der Waals surface area contributed by atoms with E-state index in [1.54, 1.807) is 0 Å². The van der Waals surface area contributed by atoms with Gasteiger partial charge < -0.3 is 4.57 Å². The number of halogens is 1. The third-order valence-corrected chi connectivity index (χ3v) is 2.73. The molecule has 0 saturated heterocycles. The van der Waals surface area contributed by atoms with Gasteiger partial charge in [-0.15, -0.1) is 0 Å². The second kappa shape index (κ2) is 3.49. The molecule has 0 bridgehead atoms. The molecule has 5 nitrogen and oxygen atoms in total. The van der Waals surface area contributed by atoms with E-state index in [9.17, 15) is 13.2 Å². The van der Waals surface area contributed by atoms with E-state index in [1.165, 1.54) is 24.5 Å². The van der Waals surface area contributed by atoms with Gasteiger partial charge in [-0.2, -0.15) is 8.42 Å². The van der Waals surface area contributed by atoms with Gasteiger partial charge in [-0.3, -0.25) is 9.35 Å². The minimum Gasteiger partial charge on any atom is -0.328 e. The molecule has 0 radical (unpaired) electrons. The standard InChI is InChI=1S/C6H6ClNO4S/c7-5(9)6(13(10,11)12)8-3-1-2-4-8/h1-4,6H,(H,10,11,12). The highest BCUT2D eigenvalue weighted by molar-refractivity contribution is 7.86. The van der Waals surface area contributed by atoms with Crippen LogP contribution in [-0.2, 0) is 14.9 Å². The highest BCUT2D eigenvalue weighted by Gasteiger charge is 2.30. The van der Waals surface area contributed by atoms with Crippen molar-refractivity contribution in [3.05, 3.63) is 24.5 Å². The number of carbonyl (C=O) groups is 1. The van der Waals surface area contributed by atoms with Gasteiger partial charge in [0.2, 0.25) is 5.37 Å². The van der Waals surface area contributed by atoms with Gasteiger partial charge in [0.05, 0.1) is 0 Å². The summed E-state index contributed by atoms with van der Waals surface area (Å²) in [6, 6.07) is 3.02. The number of hydrogen-bond acceptors (Lipinski definition) is 3. The van der Waals surface area contributed by atoms with Crippen molar-refractivity contribution in [3.63, 3.8) is 0 Å². The van der Waals surface area contributed by atoms with Gasteiger partial charge >= 0.3 is 0 Å². The topological polar surface area (TPSA) is 76.4 Å². The van der Waals surface area contributed by atoms with Crippen molar-refractivity contribution in [3.8, 4) is 0 Å². The van der Waals surface area contributed by atoms with Crippen LogP contribution in [0.1, 0.15) is 5.37 Å². The maximum atomic E-state index is 10.7. The summed E-state index contributed by atoms with van der Waals surface area (Å²) in [5.74, 6) is 0. The molecule has 0 aliphatic heterocycles. The van der Waals surface area contributed by atoms with Crippen molar-refractivity contribution in [2.24, 2.45) is 0 Å². The van der Waals surface area contributed by atoms with E-state index in [-0.39, 0.29) is 0 Å². The van der Waals surface area contributed by atoms with Crippen molar-refractivity contribution < 1.29 is 17.8 Å². The van der Waals surface area contributed by atoms with Crippen molar-refractivity contribution in [2.45, 2.75) is 5.37 Å². The van der Waals surface area contributed by atoms with Crippen molar-refractivity contribution in [2.75, 3.05) is 0 Å². The van der Waals surface area contributed by atoms with E-state index in [4.69, 9.17) is 16.2 Å². The molecule has 1 rings (SSSR count). The molecule has 0 fully saturated rings. The predicted octanol–water partition coefficient (Wildman–Crippen LogP) is 0.640. The number of aromatic nitrogens is 1. The first-order valence-electron chi connectivity index (χ1n) is 3.21. The van der Waals surface area contributed by atoms with Crippen LogP contribution in [0.15, 0.2) is 24.5 Å². The van der Waals surface area contributed by atoms with Crippen LogP contribution in [-0.4, -0.2) is 22.8 Å². The second-order valence-corrected chi connectivity index (χ2v) is 4.15. The third-order valence-electron chi connectivity index (χ3n) is 1.37. The number of rotatable bonds is 3. The van der Waals surface area contributed by atoms with Crippen LogP contribution >= 0.6 is 11.6 Å².